The molecule has 0 unspecified atom stereocenters. The number of benzene rings is 1. The highest BCUT2D eigenvalue weighted by atomic mass is 16.6. The first-order valence-electron chi connectivity index (χ1n) is 6.12. The van der Waals surface area contributed by atoms with Crippen molar-refractivity contribution in [2.24, 2.45) is 0 Å². The monoisotopic (exact) mass is 260 g/mol. The van der Waals surface area contributed by atoms with Gasteiger partial charge in [0.25, 0.3) is 5.69 Å². The van der Waals surface area contributed by atoms with Gasteiger partial charge in [-0.25, -0.2) is 4.68 Å². The minimum Gasteiger partial charge on any atom is -0.313 e. The number of nitrogens with zero attached hydrogens (tertiary/aromatic N) is 3. The zero-order valence-electron chi connectivity index (χ0n) is 11.0. The van der Waals surface area contributed by atoms with E-state index < -0.39 is 4.92 Å². The summed E-state index contributed by atoms with van der Waals surface area (Å²) in [7, 11) is 0. The number of rotatable bonds is 5. The minimum absolute atomic E-state index is 0.0684. The topological polar surface area (TPSA) is 73.0 Å². The van der Waals surface area contributed by atoms with E-state index in [0.29, 0.717) is 5.69 Å². The molecule has 0 amide bonds. The van der Waals surface area contributed by atoms with Gasteiger partial charge >= 0.3 is 0 Å². The fourth-order valence-corrected chi connectivity index (χ4v) is 1.81. The van der Waals surface area contributed by atoms with E-state index in [4.69, 9.17) is 0 Å². The summed E-state index contributed by atoms with van der Waals surface area (Å²) in [6, 6.07) is 6.45. The number of aryl methyl sites for hydroxylation is 1. The number of nitro benzene ring substituents is 1. The Morgan fingerprint density at radius 2 is 2.26 bits per heavy atom. The summed E-state index contributed by atoms with van der Waals surface area (Å²) in [5, 5.41) is 18.4. The van der Waals surface area contributed by atoms with Crippen molar-refractivity contribution in [1.82, 2.24) is 15.1 Å². The maximum Gasteiger partial charge on any atom is 0.271 e. The molecule has 1 heterocycles. The number of non-ortho nitro benzene ring substituents is 1. The molecule has 0 radical (unpaired) electrons. The van der Waals surface area contributed by atoms with E-state index in [-0.39, 0.29) is 5.69 Å². The molecule has 100 valence electrons. The molecule has 1 aromatic carbocycles. The second kappa shape index (κ2) is 5.62. The van der Waals surface area contributed by atoms with Gasteiger partial charge in [-0.2, -0.15) is 5.10 Å². The van der Waals surface area contributed by atoms with Gasteiger partial charge in [-0.15, -0.1) is 0 Å². The Labute approximate surface area is 111 Å². The fraction of sp³-hybridized carbons (Fsp3) is 0.308. The van der Waals surface area contributed by atoms with Gasteiger partial charge in [-0.05, 0) is 19.5 Å². The van der Waals surface area contributed by atoms with Crippen molar-refractivity contribution in [3.05, 3.63) is 51.8 Å². The van der Waals surface area contributed by atoms with E-state index in [1.165, 1.54) is 12.1 Å². The highest BCUT2D eigenvalue weighted by Crippen LogP contribution is 2.17. The quantitative estimate of drug-likeness (QED) is 0.660. The van der Waals surface area contributed by atoms with Gasteiger partial charge in [0.05, 0.1) is 16.3 Å². The van der Waals surface area contributed by atoms with Crippen molar-refractivity contribution in [3.63, 3.8) is 0 Å². The number of hydrogen-bond acceptors (Lipinski definition) is 4. The van der Waals surface area contributed by atoms with E-state index in [1.807, 2.05) is 20.0 Å². The van der Waals surface area contributed by atoms with Gasteiger partial charge in [-0.1, -0.05) is 13.0 Å². The van der Waals surface area contributed by atoms with Crippen molar-refractivity contribution < 1.29 is 4.92 Å². The molecule has 6 heteroatoms. The lowest BCUT2D eigenvalue weighted by atomic mass is 10.2. The van der Waals surface area contributed by atoms with Crippen molar-refractivity contribution in [2.45, 2.75) is 20.4 Å². The standard InChI is InChI=1S/C13H16N4O2/c1-3-14-8-11-9-16(15-10(11)2)12-5-4-6-13(7-12)17(18)19/h4-7,9,14H,3,8H2,1-2H3. The predicted octanol–water partition coefficient (Wildman–Crippen LogP) is 2.20. The zero-order valence-corrected chi connectivity index (χ0v) is 11.0. The smallest absolute Gasteiger partial charge is 0.271 e. The van der Waals surface area contributed by atoms with E-state index in [1.54, 1.807) is 16.8 Å². The maximum absolute atomic E-state index is 10.8. The molecule has 0 spiro atoms. The fourth-order valence-electron chi connectivity index (χ4n) is 1.81. The Kier molecular flexibility index (Phi) is 3.91. The van der Waals surface area contributed by atoms with E-state index in [0.717, 1.165) is 24.3 Å². The number of nitro groups is 1. The molecule has 1 aromatic heterocycles. The molecule has 19 heavy (non-hydrogen) atoms. The Morgan fingerprint density at radius 1 is 1.47 bits per heavy atom. The molecule has 0 aliphatic carbocycles. The summed E-state index contributed by atoms with van der Waals surface area (Å²) in [4.78, 5) is 10.4. The number of hydrogen-bond donors (Lipinski definition) is 1. The third kappa shape index (κ3) is 2.97. The number of nitrogens with one attached hydrogen (secondary N) is 1. The van der Waals surface area contributed by atoms with Crippen LogP contribution in [0.25, 0.3) is 5.69 Å². The third-order valence-electron chi connectivity index (χ3n) is 2.87. The summed E-state index contributed by atoms with van der Waals surface area (Å²) in [6.45, 7) is 5.61. The average Bonchev–Trinajstić information content (AvgIpc) is 2.78. The molecule has 1 N–H and O–H groups in total. The second-order valence-electron chi connectivity index (χ2n) is 4.24. The molecule has 0 atom stereocenters. The predicted molar refractivity (Wildman–Crippen MR) is 72.3 cm³/mol. The van der Waals surface area contributed by atoms with Crippen LogP contribution in [0, 0.1) is 17.0 Å². The summed E-state index contributed by atoms with van der Waals surface area (Å²) in [5.41, 5.74) is 2.78. The third-order valence-corrected chi connectivity index (χ3v) is 2.87. The van der Waals surface area contributed by atoms with Crippen LogP contribution in [0.1, 0.15) is 18.2 Å². The molecule has 0 bridgehead atoms. The van der Waals surface area contributed by atoms with Crippen molar-refractivity contribution in [3.8, 4) is 5.69 Å². The molecular weight excluding hydrogens is 244 g/mol. The Hall–Kier alpha value is -2.21. The van der Waals surface area contributed by atoms with Crippen LogP contribution in [0.5, 0.6) is 0 Å². The normalized spacial score (nSPS) is 10.6. The Morgan fingerprint density at radius 3 is 2.95 bits per heavy atom. The van der Waals surface area contributed by atoms with Crippen molar-refractivity contribution >= 4 is 5.69 Å². The van der Waals surface area contributed by atoms with Crippen LogP contribution in [-0.2, 0) is 6.54 Å². The summed E-state index contributed by atoms with van der Waals surface area (Å²) in [5.74, 6) is 0. The number of aromatic nitrogens is 2. The molecule has 0 fully saturated rings. The maximum atomic E-state index is 10.8. The molecule has 0 saturated carbocycles. The lowest BCUT2D eigenvalue weighted by Gasteiger charge is -2.00. The summed E-state index contributed by atoms with van der Waals surface area (Å²) < 4.78 is 1.68. The first-order chi connectivity index (χ1) is 9.11. The highest BCUT2D eigenvalue weighted by Gasteiger charge is 2.09. The molecule has 0 aliphatic rings. The molecular formula is C13H16N4O2. The van der Waals surface area contributed by atoms with Crippen LogP contribution in [-0.4, -0.2) is 21.2 Å². The summed E-state index contributed by atoms with van der Waals surface area (Å²) in [6.07, 6.45) is 1.90. The van der Waals surface area contributed by atoms with E-state index >= 15 is 0 Å². The van der Waals surface area contributed by atoms with Crippen LogP contribution in [0.3, 0.4) is 0 Å². The average molecular weight is 260 g/mol. The second-order valence-corrected chi connectivity index (χ2v) is 4.24. The largest absolute Gasteiger partial charge is 0.313 e. The lowest BCUT2D eigenvalue weighted by molar-refractivity contribution is -0.384. The Bertz CT molecular complexity index is 592. The van der Waals surface area contributed by atoms with Gasteiger partial charge in [0, 0.05) is 30.4 Å². The van der Waals surface area contributed by atoms with Crippen LogP contribution >= 0.6 is 0 Å². The molecule has 0 saturated heterocycles. The van der Waals surface area contributed by atoms with Crippen LogP contribution in [0.4, 0.5) is 5.69 Å². The lowest BCUT2D eigenvalue weighted by Crippen LogP contribution is -2.11. The first kappa shape index (κ1) is 13.2. The van der Waals surface area contributed by atoms with Gasteiger partial charge in [0.15, 0.2) is 0 Å². The molecule has 6 nitrogen and oxygen atoms in total. The zero-order chi connectivity index (χ0) is 13.8. The Balaban J connectivity index is 2.31. The molecule has 0 aliphatic heterocycles. The van der Waals surface area contributed by atoms with Crippen LogP contribution < -0.4 is 5.32 Å². The van der Waals surface area contributed by atoms with E-state index in [9.17, 15) is 10.1 Å². The molecule has 2 aromatic rings. The van der Waals surface area contributed by atoms with Crippen LogP contribution in [0.15, 0.2) is 30.5 Å². The SMILES string of the molecule is CCNCc1cn(-c2cccc([N+](=O)[O-])c2)nc1C. The van der Waals surface area contributed by atoms with E-state index in [2.05, 4.69) is 10.4 Å². The summed E-state index contributed by atoms with van der Waals surface area (Å²) >= 11 is 0. The molecule has 2 rings (SSSR count). The minimum atomic E-state index is -0.403. The van der Waals surface area contributed by atoms with Crippen molar-refractivity contribution in [2.75, 3.05) is 6.54 Å². The highest BCUT2D eigenvalue weighted by molar-refractivity contribution is 5.43. The van der Waals surface area contributed by atoms with Gasteiger partial charge in [0.1, 0.15) is 0 Å². The van der Waals surface area contributed by atoms with Gasteiger partial charge in [-0.3, -0.25) is 10.1 Å². The first-order valence-corrected chi connectivity index (χ1v) is 6.12. The van der Waals surface area contributed by atoms with Crippen molar-refractivity contribution in [1.29, 1.82) is 0 Å². The van der Waals surface area contributed by atoms with Crippen LogP contribution in [0.2, 0.25) is 0 Å². The van der Waals surface area contributed by atoms with Gasteiger partial charge in [0.2, 0.25) is 0 Å². The van der Waals surface area contributed by atoms with Gasteiger partial charge < -0.3 is 5.32 Å².